The molecule has 0 aliphatic rings. The maximum Gasteiger partial charge on any atom is 0.153 e. The molecule has 0 radical (unpaired) electrons. The van der Waals surface area contributed by atoms with Gasteiger partial charge in [-0.05, 0) is 24.3 Å². The Morgan fingerprint density at radius 2 is 2.18 bits per heavy atom. The van der Waals surface area contributed by atoms with E-state index in [4.69, 9.17) is 10.5 Å². The summed E-state index contributed by atoms with van der Waals surface area (Å²) in [7, 11) is 0. The molecule has 0 amide bonds. The molecule has 0 bridgehead atoms. The Balaban J connectivity index is 2.06. The summed E-state index contributed by atoms with van der Waals surface area (Å²) in [6.07, 6.45) is 1.63. The highest BCUT2D eigenvalue weighted by Gasteiger charge is 1.98. The Labute approximate surface area is 99.6 Å². The van der Waals surface area contributed by atoms with E-state index in [-0.39, 0.29) is 0 Å². The van der Waals surface area contributed by atoms with Crippen LogP contribution in [0.25, 0.3) is 0 Å². The minimum Gasteiger partial charge on any atom is -0.492 e. The zero-order valence-corrected chi connectivity index (χ0v) is 9.34. The Kier molecular flexibility index (Phi) is 3.88. The summed E-state index contributed by atoms with van der Waals surface area (Å²) >= 11 is 0. The lowest BCUT2D eigenvalue weighted by atomic mass is 10.3. The molecule has 5 heteroatoms. The second-order valence-electron chi connectivity index (χ2n) is 3.40. The van der Waals surface area contributed by atoms with Crippen LogP contribution in [0.2, 0.25) is 0 Å². The van der Waals surface area contributed by atoms with Crippen LogP contribution < -0.4 is 15.8 Å². The van der Waals surface area contributed by atoms with Gasteiger partial charge in [-0.2, -0.15) is 5.10 Å². The number of aromatic nitrogens is 2. The van der Waals surface area contributed by atoms with Crippen LogP contribution in [0.4, 0.5) is 11.5 Å². The Hall–Kier alpha value is -2.14. The van der Waals surface area contributed by atoms with Crippen LogP contribution in [0, 0.1) is 0 Å². The Morgan fingerprint density at radius 1 is 1.24 bits per heavy atom. The molecule has 0 saturated carbocycles. The summed E-state index contributed by atoms with van der Waals surface area (Å²) in [5, 5.41) is 10.9. The molecule has 5 nitrogen and oxygen atoms in total. The lowest BCUT2D eigenvalue weighted by Crippen LogP contribution is -2.10. The molecule has 0 spiro atoms. The zero-order chi connectivity index (χ0) is 11.9. The first-order valence-corrected chi connectivity index (χ1v) is 5.36. The molecule has 2 rings (SSSR count). The largest absolute Gasteiger partial charge is 0.492 e. The topological polar surface area (TPSA) is 73.1 Å². The summed E-state index contributed by atoms with van der Waals surface area (Å²) in [4.78, 5) is 0. The fourth-order valence-electron chi connectivity index (χ4n) is 1.36. The van der Waals surface area contributed by atoms with Gasteiger partial charge in [0.05, 0.1) is 0 Å². The van der Waals surface area contributed by atoms with E-state index >= 15 is 0 Å². The molecule has 0 atom stereocenters. The van der Waals surface area contributed by atoms with Gasteiger partial charge in [-0.1, -0.05) is 6.07 Å². The minimum atomic E-state index is 0.502. The molecular weight excluding hydrogens is 216 g/mol. The number of hydrogen-bond acceptors (Lipinski definition) is 5. The summed E-state index contributed by atoms with van der Waals surface area (Å²) in [5.74, 6) is 1.48. The van der Waals surface area contributed by atoms with E-state index in [2.05, 4.69) is 15.5 Å². The van der Waals surface area contributed by atoms with Gasteiger partial charge in [-0.3, -0.25) is 0 Å². The average molecular weight is 230 g/mol. The molecule has 0 aliphatic carbocycles. The molecular formula is C12H14N4O. The lowest BCUT2D eigenvalue weighted by molar-refractivity contribution is 0.328. The number of benzene rings is 1. The lowest BCUT2D eigenvalue weighted by Gasteiger charge is -2.08. The first kappa shape index (κ1) is 11.3. The van der Waals surface area contributed by atoms with Crippen molar-refractivity contribution in [1.82, 2.24) is 10.2 Å². The third-order valence-corrected chi connectivity index (χ3v) is 2.07. The van der Waals surface area contributed by atoms with Crippen LogP contribution in [0.5, 0.6) is 5.75 Å². The van der Waals surface area contributed by atoms with Crippen molar-refractivity contribution in [2.45, 2.75) is 0 Å². The SMILES string of the molecule is NCCOc1cccc(Nc2cccnn2)c1. The van der Waals surface area contributed by atoms with Gasteiger partial charge in [-0.15, -0.1) is 5.10 Å². The quantitative estimate of drug-likeness (QED) is 0.815. The number of ether oxygens (including phenoxy) is 1. The van der Waals surface area contributed by atoms with Gasteiger partial charge < -0.3 is 15.8 Å². The molecule has 1 heterocycles. The molecule has 1 aromatic heterocycles. The maximum atomic E-state index is 5.43. The van der Waals surface area contributed by atoms with Crippen molar-refractivity contribution in [1.29, 1.82) is 0 Å². The molecule has 1 aromatic carbocycles. The van der Waals surface area contributed by atoms with Crippen LogP contribution in [-0.4, -0.2) is 23.3 Å². The minimum absolute atomic E-state index is 0.502. The molecule has 0 fully saturated rings. The molecule has 0 unspecified atom stereocenters. The van der Waals surface area contributed by atoms with Crippen LogP contribution in [0.1, 0.15) is 0 Å². The molecule has 0 saturated heterocycles. The van der Waals surface area contributed by atoms with Crippen LogP contribution >= 0.6 is 0 Å². The van der Waals surface area contributed by atoms with E-state index in [0.29, 0.717) is 19.0 Å². The summed E-state index contributed by atoms with van der Waals surface area (Å²) in [5.41, 5.74) is 6.28. The van der Waals surface area contributed by atoms with Crippen molar-refractivity contribution in [3.05, 3.63) is 42.6 Å². The number of hydrogen-bond donors (Lipinski definition) is 2. The number of anilines is 2. The van der Waals surface area contributed by atoms with Crippen molar-refractivity contribution in [2.75, 3.05) is 18.5 Å². The van der Waals surface area contributed by atoms with Crippen LogP contribution in [0.3, 0.4) is 0 Å². The molecule has 2 aromatic rings. The highest BCUT2D eigenvalue weighted by atomic mass is 16.5. The predicted molar refractivity (Wildman–Crippen MR) is 66.3 cm³/mol. The number of rotatable bonds is 5. The van der Waals surface area contributed by atoms with E-state index < -0.39 is 0 Å². The highest BCUT2D eigenvalue weighted by molar-refractivity contribution is 5.57. The molecule has 3 N–H and O–H groups in total. The van der Waals surface area contributed by atoms with E-state index in [1.54, 1.807) is 6.20 Å². The summed E-state index contributed by atoms with van der Waals surface area (Å²) in [6, 6.07) is 11.3. The van der Waals surface area contributed by atoms with Crippen molar-refractivity contribution in [3.63, 3.8) is 0 Å². The summed E-state index contributed by atoms with van der Waals surface area (Å²) < 4.78 is 5.43. The van der Waals surface area contributed by atoms with Gasteiger partial charge in [0.25, 0.3) is 0 Å². The van der Waals surface area contributed by atoms with Crippen molar-refractivity contribution in [3.8, 4) is 5.75 Å². The Morgan fingerprint density at radius 3 is 2.94 bits per heavy atom. The normalized spacial score (nSPS) is 9.94. The maximum absolute atomic E-state index is 5.43. The fourth-order valence-corrected chi connectivity index (χ4v) is 1.36. The van der Waals surface area contributed by atoms with Gasteiger partial charge in [-0.25, -0.2) is 0 Å². The van der Waals surface area contributed by atoms with Crippen LogP contribution in [-0.2, 0) is 0 Å². The monoisotopic (exact) mass is 230 g/mol. The number of nitrogens with two attached hydrogens (primary N) is 1. The first-order chi connectivity index (χ1) is 8.38. The van der Waals surface area contributed by atoms with Crippen molar-refractivity contribution in [2.24, 2.45) is 5.73 Å². The van der Waals surface area contributed by atoms with E-state index in [1.807, 2.05) is 36.4 Å². The molecule has 88 valence electrons. The second-order valence-corrected chi connectivity index (χ2v) is 3.40. The fraction of sp³-hybridized carbons (Fsp3) is 0.167. The van der Waals surface area contributed by atoms with Crippen molar-refractivity contribution < 1.29 is 4.74 Å². The first-order valence-electron chi connectivity index (χ1n) is 5.36. The third kappa shape index (κ3) is 3.42. The zero-order valence-electron chi connectivity index (χ0n) is 9.34. The van der Waals surface area contributed by atoms with Gasteiger partial charge in [0.2, 0.25) is 0 Å². The van der Waals surface area contributed by atoms with E-state index in [0.717, 1.165) is 11.4 Å². The van der Waals surface area contributed by atoms with E-state index in [1.165, 1.54) is 0 Å². The smallest absolute Gasteiger partial charge is 0.153 e. The molecule has 17 heavy (non-hydrogen) atoms. The predicted octanol–water partition coefficient (Wildman–Crippen LogP) is 1.56. The second kappa shape index (κ2) is 5.81. The third-order valence-electron chi connectivity index (χ3n) is 2.07. The van der Waals surface area contributed by atoms with Gasteiger partial charge in [0.15, 0.2) is 5.82 Å². The number of nitrogens with zero attached hydrogens (tertiary/aromatic N) is 2. The average Bonchev–Trinajstić information content (AvgIpc) is 2.38. The molecule has 0 aliphatic heterocycles. The van der Waals surface area contributed by atoms with Gasteiger partial charge in [0, 0.05) is 24.5 Å². The van der Waals surface area contributed by atoms with Gasteiger partial charge >= 0.3 is 0 Å². The number of nitrogens with one attached hydrogen (secondary N) is 1. The standard InChI is InChI=1S/C12H14N4O/c13-6-8-17-11-4-1-3-10(9-11)15-12-5-2-7-14-16-12/h1-5,7,9H,6,8,13H2,(H,15,16). The van der Waals surface area contributed by atoms with Crippen molar-refractivity contribution >= 4 is 11.5 Å². The van der Waals surface area contributed by atoms with Crippen LogP contribution in [0.15, 0.2) is 42.6 Å². The highest BCUT2D eigenvalue weighted by Crippen LogP contribution is 2.19. The summed E-state index contributed by atoms with van der Waals surface area (Å²) in [6.45, 7) is 1.01. The Bertz CT molecular complexity index is 461. The van der Waals surface area contributed by atoms with Gasteiger partial charge in [0.1, 0.15) is 12.4 Å². The van der Waals surface area contributed by atoms with E-state index in [9.17, 15) is 0 Å².